The van der Waals surface area contributed by atoms with E-state index in [1.54, 1.807) is 0 Å². The molecule has 0 saturated heterocycles. The summed E-state index contributed by atoms with van der Waals surface area (Å²) in [4.78, 5) is 12.4. The summed E-state index contributed by atoms with van der Waals surface area (Å²) in [7, 11) is 4.02. The van der Waals surface area contributed by atoms with Crippen molar-refractivity contribution >= 4 is 12.0 Å². The number of carbonyl (C=O) groups excluding carboxylic acids is 1. The maximum atomic E-state index is 10.3. The molecule has 1 rings (SSSR count). The van der Waals surface area contributed by atoms with Gasteiger partial charge in [-0.25, -0.2) is 0 Å². The number of ether oxygens (including phenoxy) is 1. The van der Waals surface area contributed by atoms with E-state index in [2.05, 4.69) is 30.9 Å². The van der Waals surface area contributed by atoms with E-state index >= 15 is 0 Å². The first-order valence-corrected chi connectivity index (χ1v) is 6.91. The van der Waals surface area contributed by atoms with E-state index in [1.165, 1.54) is 12.0 Å². The third-order valence-electron chi connectivity index (χ3n) is 3.01. The molecular weight excluding hydrogens is 238 g/mol. The van der Waals surface area contributed by atoms with Gasteiger partial charge in [0.05, 0.1) is 12.3 Å². The van der Waals surface area contributed by atoms with Crippen LogP contribution in [0.25, 0.3) is 0 Å². The molecule has 3 nitrogen and oxygen atoms in total. The molecule has 0 aliphatic carbocycles. The molecule has 106 valence electrons. The lowest BCUT2D eigenvalue weighted by Gasteiger charge is -2.19. The highest BCUT2D eigenvalue weighted by atomic mass is 16.5. The molecule has 0 aliphatic heterocycles. The quantitative estimate of drug-likeness (QED) is 0.532. The van der Waals surface area contributed by atoms with Gasteiger partial charge in [-0.1, -0.05) is 19.9 Å². The van der Waals surface area contributed by atoms with Gasteiger partial charge in [0.1, 0.15) is 12.0 Å². The van der Waals surface area contributed by atoms with Gasteiger partial charge in [0.2, 0.25) is 0 Å². The smallest absolute Gasteiger partial charge is 0.142 e. The molecule has 0 amide bonds. The molecule has 0 bridgehead atoms. The average Bonchev–Trinajstić information content (AvgIpc) is 2.37. The minimum absolute atomic E-state index is 0.433. The van der Waals surface area contributed by atoms with E-state index in [0.29, 0.717) is 18.9 Å². The van der Waals surface area contributed by atoms with E-state index in [9.17, 15) is 4.79 Å². The molecule has 0 aliphatic rings. The number of aldehydes is 1. The van der Waals surface area contributed by atoms with E-state index in [4.69, 9.17) is 4.74 Å². The summed E-state index contributed by atoms with van der Waals surface area (Å²) in [6.07, 6.45) is 3.60. The van der Waals surface area contributed by atoms with Crippen molar-refractivity contribution in [3.8, 4) is 5.75 Å². The molecule has 19 heavy (non-hydrogen) atoms. The predicted molar refractivity (Wildman–Crippen MR) is 80.1 cm³/mol. The van der Waals surface area contributed by atoms with Crippen molar-refractivity contribution in [3.05, 3.63) is 23.8 Å². The van der Waals surface area contributed by atoms with Crippen molar-refractivity contribution in [2.75, 3.05) is 25.6 Å². The molecular formula is C16H25NO2. The molecule has 1 aromatic rings. The molecule has 0 atom stereocenters. The Labute approximate surface area is 116 Å². The van der Waals surface area contributed by atoms with E-state index in [0.717, 1.165) is 24.1 Å². The summed E-state index contributed by atoms with van der Waals surface area (Å²) < 4.78 is 5.65. The van der Waals surface area contributed by atoms with Gasteiger partial charge in [-0.3, -0.25) is 0 Å². The number of rotatable bonds is 8. The first-order chi connectivity index (χ1) is 9.04. The summed E-state index contributed by atoms with van der Waals surface area (Å²) in [6.45, 7) is 4.92. The van der Waals surface area contributed by atoms with Crippen LogP contribution in [0.1, 0.15) is 32.3 Å². The number of carbonyl (C=O) groups is 1. The lowest BCUT2D eigenvalue weighted by Crippen LogP contribution is -2.12. The Hall–Kier alpha value is -1.51. The van der Waals surface area contributed by atoms with Crippen LogP contribution in [0, 0.1) is 5.92 Å². The highest BCUT2D eigenvalue weighted by Gasteiger charge is 2.08. The number of nitrogens with zero attached hydrogens (tertiary/aromatic N) is 1. The van der Waals surface area contributed by atoms with Crippen LogP contribution in [0.4, 0.5) is 5.69 Å². The van der Waals surface area contributed by atoms with Gasteiger partial charge in [0, 0.05) is 20.5 Å². The van der Waals surface area contributed by atoms with Gasteiger partial charge in [-0.15, -0.1) is 0 Å². The third-order valence-corrected chi connectivity index (χ3v) is 3.01. The first kappa shape index (κ1) is 15.5. The third kappa shape index (κ3) is 5.33. The van der Waals surface area contributed by atoms with Crippen molar-refractivity contribution in [2.45, 2.75) is 33.1 Å². The summed E-state index contributed by atoms with van der Waals surface area (Å²) >= 11 is 0. The van der Waals surface area contributed by atoms with Gasteiger partial charge >= 0.3 is 0 Å². The van der Waals surface area contributed by atoms with Crippen LogP contribution in [0.15, 0.2) is 18.2 Å². The van der Waals surface area contributed by atoms with Gasteiger partial charge in [-0.05, 0) is 36.5 Å². The van der Waals surface area contributed by atoms with Gasteiger partial charge < -0.3 is 14.4 Å². The Morgan fingerprint density at radius 1 is 1.32 bits per heavy atom. The van der Waals surface area contributed by atoms with Crippen molar-refractivity contribution in [3.63, 3.8) is 0 Å². The Morgan fingerprint density at radius 2 is 2.05 bits per heavy atom. The van der Waals surface area contributed by atoms with Gasteiger partial charge in [0.25, 0.3) is 0 Å². The van der Waals surface area contributed by atoms with Crippen LogP contribution in [0.2, 0.25) is 0 Å². The zero-order valence-corrected chi connectivity index (χ0v) is 12.5. The minimum atomic E-state index is 0.433. The topological polar surface area (TPSA) is 29.5 Å². The Balaban J connectivity index is 2.78. The number of anilines is 1. The van der Waals surface area contributed by atoms with Crippen LogP contribution in [-0.4, -0.2) is 27.0 Å². The van der Waals surface area contributed by atoms with E-state index in [-0.39, 0.29) is 0 Å². The Bertz CT molecular complexity index is 400. The maximum absolute atomic E-state index is 10.3. The fourth-order valence-electron chi connectivity index (χ4n) is 1.86. The monoisotopic (exact) mass is 263 g/mol. The van der Waals surface area contributed by atoms with Gasteiger partial charge in [0.15, 0.2) is 0 Å². The second-order valence-corrected chi connectivity index (χ2v) is 5.43. The maximum Gasteiger partial charge on any atom is 0.142 e. The fraction of sp³-hybridized carbons (Fsp3) is 0.562. The summed E-state index contributed by atoms with van der Waals surface area (Å²) in [5, 5.41) is 0. The van der Waals surface area contributed by atoms with Crippen molar-refractivity contribution < 1.29 is 9.53 Å². The Morgan fingerprint density at radius 3 is 2.63 bits per heavy atom. The van der Waals surface area contributed by atoms with Crippen LogP contribution in [0.5, 0.6) is 5.75 Å². The molecule has 0 heterocycles. The highest BCUT2D eigenvalue weighted by Crippen LogP contribution is 2.29. The first-order valence-electron chi connectivity index (χ1n) is 6.91. The lowest BCUT2D eigenvalue weighted by atomic mass is 10.0. The molecule has 0 saturated carbocycles. The highest BCUT2D eigenvalue weighted by molar-refractivity contribution is 5.59. The number of hydrogen-bond acceptors (Lipinski definition) is 3. The van der Waals surface area contributed by atoms with Crippen LogP contribution in [-0.2, 0) is 11.2 Å². The molecule has 0 N–H and O–H groups in total. The molecule has 0 aromatic heterocycles. The van der Waals surface area contributed by atoms with Crippen molar-refractivity contribution in [2.24, 2.45) is 5.92 Å². The average molecular weight is 263 g/mol. The van der Waals surface area contributed by atoms with Gasteiger partial charge in [-0.2, -0.15) is 0 Å². The number of benzene rings is 1. The van der Waals surface area contributed by atoms with E-state index in [1.807, 2.05) is 20.2 Å². The normalized spacial score (nSPS) is 10.6. The largest absolute Gasteiger partial charge is 0.491 e. The SMILES string of the molecule is CC(C)CCc1ccc(OCCC=O)c(N(C)C)c1. The molecule has 3 heteroatoms. The second-order valence-electron chi connectivity index (χ2n) is 5.43. The number of hydrogen-bond donors (Lipinski definition) is 0. The summed E-state index contributed by atoms with van der Waals surface area (Å²) in [5.41, 5.74) is 2.41. The molecule has 1 aromatic carbocycles. The van der Waals surface area contributed by atoms with E-state index < -0.39 is 0 Å². The lowest BCUT2D eigenvalue weighted by molar-refractivity contribution is -0.108. The molecule has 0 fully saturated rings. The molecule has 0 spiro atoms. The van der Waals surface area contributed by atoms with Crippen LogP contribution in [0.3, 0.4) is 0 Å². The summed E-state index contributed by atoms with van der Waals surface area (Å²) in [5.74, 6) is 1.56. The predicted octanol–water partition coefficient (Wildman–Crippen LogP) is 3.31. The van der Waals surface area contributed by atoms with Crippen molar-refractivity contribution in [1.29, 1.82) is 0 Å². The van der Waals surface area contributed by atoms with Crippen LogP contribution < -0.4 is 9.64 Å². The standard InChI is InChI=1S/C16H25NO2/c1-13(2)6-7-14-8-9-16(19-11-5-10-18)15(12-14)17(3)4/h8-10,12-13H,5-7,11H2,1-4H3. The van der Waals surface area contributed by atoms with Crippen molar-refractivity contribution in [1.82, 2.24) is 0 Å². The second kappa shape index (κ2) is 7.82. The zero-order chi connectivity index (χ0) is 14.3. The summed E-state index contributed by atoms with van der Waals surface area (Å²) in [6, 6.07) is 6.31. The minimum Gasteiger partial charge on any atom is -0.491 e. The molecule has 0 radical (unpaired) electrons. The molecule has 0 unspecified atom stereocenters. The number of aryl methyl sites for hydroxylation is 1. The Kier molecular flexibility index (Phi) is 6.40. The zero-order valence-electron chi connectivity index (χ0n) is 12.5. The van der Waals surface area contributed by atoms with Crippen LogP contribution >= 0.6 is 0 Å². The fourth-order valence-corrected chi connectivity index (χ4v) is 1.86.